The van der Waals surface area contributed by atoms with Gasteiger partial charge < -0.3 is 10.6 Å². The van der Waals surface area contributed by atoms with Crippen LogP contribution in [0.5, 0.6) is 0 Å². The van der Waals surface area contributed by atoms with Gasteiger partial charge in [-0.3, -0.25) is 5.41 Å². The fourth-order valence-corrected chi connectivity index (χ4v) is 2.80. The summed E-state index contributed by atoms with van der Waals surface area (Å²) in [5.41, 5.74) is 7.45. The Bertz CT molecular complexity index is 417. The van der Waals surface area contributed by atoms with Crippen LogP contribution in [0.15, 0.2) is 22.7 Å². The molecule has 0 aliphatic carbocycles. The summed E-state index contributed by atoms with van der Waals surface area (Å²) in [7, 11) is 0. The van der Waals surface area contributed by atoms with E-state index in [0.29, 0.717) is 6.04 Å². The summed E-state index contributed by atoms with van der Waals surface area (Å²) in [5.74, 6) is 0.105. The zero-order valence-corrected chi connectivity index (χ0v) is 10.9. The van der Waals surface area contributed by atoms with Crippen molar-refractivity contribution in [1.29, 1.82) is 5.41 Å². The fraction of sp³-hybridized carbons (Fsp3) is 0.417. The molecule has 1 atom stereocenters. The Balaban J connectivity index is 2.30. The van der Waals surface area contributed by atoms with Gasteiger partial charge in [0.25, 0.3) is 0 Å². The standard InChI is InChI=1S/C12H16BrN3/c1-8-3-2-6-16(8)9-4-5-10(12(14)15)11(13)7-9/h4-5,7-8H,2-3,6H2,1H3,(H3,14,15). The maximum Gasteiger partial charge on any atom is 0.123 e. The van der Waals surface area contributed by atoms with Gasteiger partial charge in [-0.2, -0.15) is 0 Å². The van der Waals surface area contributed by atoms with Gasteiger partial charge in [0.05, 0.1) is 0 Å². The van der Waals surface area contributed by atoms with Crippen LogP contribution in [-0.2, 0) is 0 Å². The third-order valence-electron chi connectivity index (χ3n) is 3.13. The second kappa shape index (κ2) is 4.45. The van der Waals surface area contributed by atoms with E-state index < -0.39 is 0 Å². The maximum atomic E-state index is 7.43. The first-order valence-electron chi connectivity index (χ1n) is 5.50. The Kier molecular flexibility index (Phi) is 3.19. The van der Waals surface area contributed by atoms with E-state index in [1.165, 1.54) is 18.5 Å². The van der Waals surface area contributed by atoms with Gasteiger partial charge >= 0.3 is 0 Å². The van der Waals surface area contributed by atoms with Crippen LogP contribution in [0, 0.1) is 5.41 Å². The average molecular weight is 282 g/mol. The largest absolute Gasteiger partial charge is 0.384 e. The van der Waals surface area contributed by atoms with Crippen molar-refractivity contribution in [3.05, 3.63) is 28.2 Å². The normalized spacial score (nSPS) is 20.1. The number of benzene rings is 1. The molecule has 2 rings (SSSR count). The SMILES string of the molecule is CC1CCCN1c1ccc(C(=N)N)c(Br)c1. The number of hydrogen-bond donors (Lipinski definition) is 2. The third-order valence-corrected chi connectivity index (χ3v) is 3.78. The Hall–Kier alpha value is -1.03. The van der Waals surface area contributed by atoms with E-state index in [9.17, 15) is 0 Å². The Morgan fingerprint density at radius 3 is 2.81 bits per heavy atom. The quantitative estimate of drug-likeness (QED) is 0.647. The highest BCUT2D eigenvalue weighted by molar-refractivity contribution is 9.10. The van der Waals surface area contributed by atoms with E-state index in [1.54, 1.807) is 0 Å². The molecule has 16 heavy (non-hydrogen) atoms. The highest BCUT2D eigenvalue weighted by atomic mass is 79.9. The zero-order valence-electron chi connectivity index (χ0n) is 9.33. The van der Waals surface area contributed by atoms with E-state index in [2.05, 4.69) is 33.8 Å². The van der Waals surface area contributed by atoms with Crippen LogP contribution in [0.1, 0.15) is 25.3 Å². The molecule has 3 nitrogen and oxygen atoms in total. The van der Waals surface area contributed by atoms with Gasteiger partial charge in [0.2, 0.25) is 0 Å². The van der Waals surface area contributed by atoms with Crippen molar-refractivity contribution in [3.8, 4) is 0 Å². The number of nitrogens with one attached hydrogen (secondary N) is 1. The molecule has 1 aliphatic heterocycles. The minimum Gasteiger partial charge on any atom is -0.384 e. The first-order valence-corrected chi connectivity index (χ1v) is 6.29. The van der Waals surface area contributed by atoms with Crippen LogP contribution in [0.4, 0.5) is 5.69 Å². The molecule has 0 amide bonds. The number of halogens is 1. The third kappa shape index (κ3) is 2.07. The van der Waals surface area contributed by atoms with Gasteiger partial charge in [0.15, 0.2) is 0 Å². The lowest BCUT2D eigenvalue weighted by Gasteiger charge is -2.24. The minimum absolute atomic E-state index is 0.105. The summed E-state index contributed by atoms with van der Waals surface area (Å²) in [5, 5.41) is 7.43. The lowest BCUT2D eigenvalue weighted by atomic mass is 10.1. The average Bonchev–Trinajstić information content (AvgIpc) is 2.63. The summed E-state index contributed by atoms with van der Waals surface area (Å²) < 4.78 is 0.900. The molecule has 1 saturated heterocycles. The molecule has 3 N–H and O–H groups in total. The fourth-order valence-electron chi connectivity index (χ4n) is 2.22. The molecule has 4 heteroatoms. The van der Waals surface area contributed by atoms with Crippen LogP contribution < -0.4 is 10.6 Å². The van der Waals surface area contributed by atoms with E-state index in [0.717, 1.165) is 16.6 Å². The molecule has 1 aromatic carbocycles. The molecule has 1 aliphatic rings. The molecule has 0 bridgehead atoms. The first kappa shape index (κ1) is 11.5. The summed E-state index contributed by atoms with van der Waals surface area (Å²) in [6.07, 6.45) is 2.51. The van der Waals surface area contributed by atoms with E-state index >= 15 is 0 Å². The van der Waals surface area contributed by atoms with Gasteiger partial charge in [0.1, 0.15) is 5.84 Å². The first-order chi connectivity index (χ1) is 7.59. The molecule has 1 fully saturated rings. The van der Waals surface area contributed by atoms with Gasteiger partial charge in [-0.05, 0) is 53.9 Å². The summed E-state index contributed by atoms with van der Waals surface area (Å²) >= 11 is 3.47. The van der Waals surface area contributed by atoms with Crippen molar-refractivity contribution in [3.63, 3.8) is 0 Å². The van der Waals surface area contributed by atoms with Gasteiger partial charge in [-0.1, -0.05) is 0 Å². The monoisotopic (exact) mass is 281 g/mol. The number of anilines is 1. The number of nitrogens with zero attached hydrogens (tertiary/aromatic N) is 1. The molecular weight excluding hydrogens is 266 g/mol. The van der Waals surface area contributed by atoms with Crippen LogP contribution in [0.2, 0.25) is 0 Å². The lowest BCUT2D eigenvalue weighted by Crippen LogP contribution is -2.26. The number of nitrogen functional groups attached to an aromatic ring is 1. The molecule has 0 aromatic heterocycles. The van der Waals surface area contributed by atoms with Crippen molar-refractivity contribution in [2.75, 3.05) is 11.4 Å². The Morgan fingerprint density at radius 2 is 2.31 bits per heavy atom. The van der Waals surface area contributed by atoms with Crippen molar-refractivity contribution in [1.82, 2.24) is 0 Å². The number of hydrogen-bond acceptors (Lipinski definition) is 2. The van der Waals surface area contributed by atoms with Crippen molar-refractivity contribution in [2.45, 2.75) is 25.8 Å². The summed E-state index contributed by atoms with van der Waals surface area (Å²) in [6.45, 7) is 3.37. The second-order valence-corrected chi connectivity index (χ2v) is 5.12. The van der Waals surface area contributed by atoms with Gasteiger partial charge in [-0.25, -0.2) is 0 Å². The van der Waals surface area contributed by atoms with Crippen LogP contribution in [0.3, 0.4) is 0 Å². The molecule has 0 radical (unpaired) electrons. The Morgan fingerprint density at radius 1 is 1.56 bits per heavy atom. The predicted octanol–water partition coefficient (Wildman–Crippen LogP) is 2.72. The second-order valence-electron chi connectivity index (χ2n) is 4.26. The van der Waals surface area contributed by atoms with Crippen molar-refractivity contribution in [2.24, 2.45) is 5.73 Å². The number of rotatable bonds is 2. The van der Waals surface area contributed by atoms with E-state index in [-0.39, 0.29) is 5.84 Å². The maximum absolute atomic E-state index is 7.43. The highest BCUT2D eigenvalue weighted by Gasteiger charge is 2.20. The summed E-state index contributed by atoms with van der Waals surface area (Å²) in [4.78, 5) is 2.40. The topological polar surface area (TPSA) is 53.1 Å². The van der Waals surface area contributed by atoms with Gasteiger partial charge in [-0.15, -0.1) is 0 Å². The van der Waals surface area contributed by atoms with Crippen LogP contribution in [0.25, 0.3) is 0 Å². The molecule has 1 aromatic rings. The minimum atomic E-state index is 0.105. The zero-order chi connectivity index (χ0) is 11.7. The smallest absolute Gasteiger partial charge is 0.123 e. The molecular formula is C12H16BrN3. The molecule has 0 saturated carbocycles. The molecule has 1 heterocycles. The van der Waals surface area contributed by atoms with Gasteiger partial charge in [0, 0.05) is 28.3 Å². The van der Waals surface area contributed by atoms with Crippen LogP contribution in [-0.4, -0.2) is 18.4 Å². The molecule has 1 unspecified atom stereocenters. The predicted molar refractivity (Wildman–Crippen MR) is 71.2 cm³/mol. The lowest BCUT2D eigenvalue weighted by molar-refractivity contribution is 0.735. The number of nitrogens with two attached hydrogens (primary N) is 1. The highest BCUT2D eigenvalue weighted by Crippen LogP contribution is 2.29. The Labute approximate surface area is 104 Å². The van der Waals surface area contributed by atoms with E-state index in [1.807, 2.05) is 12.1 Å². The van der Waals surface area contributed by atoms with Crippen molar-refractivity contribution < 1.29 is 0 Å². The van der Waals surface area contributed by atoms with E-state index in [4.69, 9.17) is 11.1 Å². The molecule has 0 spiro atoms. The summed E-state index contributed by atoms with van der Waals surface area (Å²) in [6, 6.07) is 6.62. The van der Waals surface area contributed by atoms with Crippen LogP contribution >= 0.6 is 15.9 Å². The number of amidine groups is 1. The van der Waals surface area contributed by atoms with Crippen molar-refractivity contribution >= 4 is 27.5 Å². The molecule has 86 valence electrons.